The first-order chi connectivity index (χ1) is 7.72. The SMILES string of the molecule is CCCN(CCO)c1ccc(CO)c(Br)c1. The molecule has 0 amide bonds. The smallest absolute Gasteiger partial charge is 0.0692 e. The van der Waals surface area contributed by atoms with Crippen LogP contribution in [0.2, 0.25) is 0 Å². The van der Waals surface area contributed by atoms with E-state index in [9.17, 15) is 0 Å². The Morgan fingerprint density at radius 2 is 2.00 bits per heavy atom. The zero-order valence-corrected chi connectivity index (χ0v) is 11.1. The van der Waals surface area contributed by atoms with Gasteiger partial charge in [-0.15, -0.1) is 0 Å². The highest BCUT2D eigenvalue weighted by Gasteiger charge is 2.07. The molecule has 0 unspecified atom stereocenters. The van der Waals surface area contributed by atoms with Gasteiger partial charge in [0.15, 0.2) is 0 Å². The zero-order chi connectivity index (χ0) is 12.0. The second-order valence-electron chi connectivity index (χ2n) is 3.64. The molecule has 4 heteroatoms. The maximum atomic E-state index is 9.07. The third-order valence-electron chi connectivity index (χ3n) is 2.44. The Balaban J connectivity index is 2.87. The first kappa shape index (κ1) is 13.5. The molecule has 0 aliphatic carbocycles. The van der Waals surface area contributed by atoms with Crippen LogP contribution < -0.4 is 4.90 Å². The third kappa shape index (κ3) is 3.47. The van der Waals surface area contributed by atoms with Crippen molar-refractivity contribution in [2.45, 2.75) is 20.0 Å². The predicted molar refractivity (Wildman–Crippen MR) is 69.7 cm³/mol. The number of rotatable bonds is 6. The molecule has 0 aromatic heterocycles. The van der Waals surface area contributed by atoms with E-state index in [1.165, 1.54) is 0 Å². The van der Waals surface area contributed by atoms with Crippen molar-refractivity contribution in [2.75, 3.05) is 24.6 Å². The van der Waals surface area contributed by atoms with Crippen molar-refractivity contribution in [1.82, 2.24) is 0 Å². The van der Waals surface area contributed by atoms with E-state index in [1.807, 2.05) is 18.2 Å². The summed E-state index contributed by atoms with van der Waals surface area (Å²) in [4.78, 5) is 2.13. The summed E-state index contributed by atoms with van der Waals surface area (Å²) in [5, 5.41) is 18.1. The molecule has 16 heavy (non-hydrogen) atoms. The van der Waals surface area contributed by atoms with Gasteiger partial charge in [-0.3, -0.25) is 0 Å². The van der Waals surface area contributed by atoms with E-state index >= 15 is 0 Å². The Labute approximate surface area is 105 Å². The summed E-state index contributed by atoms with van der Waals surface area (Å²) in [6, 6.07) is 5.86. The third-order valence-corrected chi connectivity index (χ3v) is 3.17. The molecule has 0 atom stereocenters. The van der Waals surface area contributed by atoms with Crippen molar-refractivity contribution in [1.29, 1.82) is 0 Å². The standard InChI is InChI=1S/C12H18BrNO2/c1-2-5-14(6-7-15)11-4-3-10(9-16)12(13)8-11/h3-4,8,15-16H,2,5-7,9H2,1H3. The Hall–Kier alpha value is -0.580. The fraction of sp³-hybridized carbons (Fsp3) is 0.500. The largest absolute Gasteiger partial charge is 0.395 e. The van der Waals surface area contributed by atoms with Crippen LogP contribution in [0.15, 0.2) is 22.7 Å². The average Bonchev–Trinajstić information content (AvgIpc) is 2.28. The number of halogens is 1. The van der Waals surface area contributed by atoms with Gasteiger partial charge in [-0.05, 0) is 24.1 Å². The van der Waals surface area contributed by atoms with E-state index in [0.29, 0.717) is 6.54 Å². The molecule has 1 rings (SSSR count). The molecular weight excluding hydrogens is 270 g/mol. The maximum absolute atomic E-state index is 9.07. The van der Waals surface area contributed by atoms with E-state index in [-0.39, 0.29) is 13.2 Å². The molecule has 0 saturated heterocycles. The molecule has 0 heterocycles. The Bertz CT molecular complexity index is 325. The second kappa shape index (κ2) is 6.89. The number of anilines is 1. The molecule has 0 fully saturated rings. The lowest BCUT2D eigenvalue weighted by Gasteiger charge is -2.24. The van der Waals surface area contributed by atoms with Gasteiger partial charge in [-0.2, -0.15) is 0 Å². The van der Waals surface area contributed by atoms with Crippen molar-refractivity contribution in [3.8, 4) is 0 Å². The van der Waals surface area contributed by atoms with E-state index in [4.69, 9.17) is 10.2 Å². The lowest BCUT2D eigenvalue weighted by Crippen LogP contribution is -2.27. The highest BCUT2D eigenvalue weighted by Crippen LogP contribution is 2.24. The summed E-state index contributed by atoms with van der Waals surface area (Å²) in [6.45, 7) is 3.86. The normalized spacial score (nSPS) is 10.5. The van der Waals surface area contributed by atoms with Crippen molar-refractivity contribution in [2.24, 2.45) is 0 Å². The lowest BCUT2D eigenvalue weighted by atomic mass is 10.2. The van der Waals surface area contributed by atoms with Crippen LogP contribution in [0.4, 0.5) is 5.69 Å². The number of aliphatic hydroxyl groups is 2. The molecule has 0 bridgehead atoms. The quantitative estimate of drug-likeness (QED) is 0.843. The number of benzene rings is 1. The van der Waals surface area contributed by atoms with Gasteiger partial charge in [0.05, 0.1) is 13.2 Å². The van der Waals surface area contributed by atoms with Crippen LogP contribution in [0.25, 0.3) is 0 Å². The molecule has 0 aliphatic heterocycles. The van der Waals surface area contributed by atoms with Crippen LogP contribution in [-0.4, -0.2) is 29.9 Å². The maximum Gasteiger partial charge on any atom is 0.0692 e. The molecule has 0 radical (unpaired) electrons. The van der Waals surface area contributed by atoms with Crippen molar-refractivity contribution in [3.63, 3.8) is 0 Å². The van der Waals surface area contributed by atoms with Crippen LogP contribution in [0.5, 0.6) is 0 Å². The van der Waals surface area contributed by atoms with E-state index in [1.54, 1.807) is 0 Å². The summed E-state index contributed by atoms with van der Waals surface area (Å²) in [6.07, 6.45) is 1.04. The summed E-state index contributed by atoms with van der Waals surface area (Å²) in [5.41, 5.74) is 1.95. The first-order valence-corrected chi connectivity index (χ1v) is 6.27. The second-order valence-corrected chi connectivity index (χ2v) is 4.50. The number of hydrogen-bond acceptors (Lipinski definition) is 3. The van der Waals surface area contributed by atoms with Gasteiger partial charge >= 0.3 is 0 Å². The summed E-state index contributed by atoms with van der Waals surface area (Å²) in [5.74, 6) is 0. The van der Waals surface area contributed by atoms with Gasteiger partial charge in [0.2, 0.25) is 0 Å². The first-order valence-electron chi connectivity index (χ1n) is 5.48. The topological polar surface area (TPSA) is 43.7 Å². The predicted octanol–water partition coefficient (Wildman–Crippen LogP) is 2.15. The number of aliphatic hydroxyl groups excluding tert-OH is 2. The molecule has 0 aliphatic rings. The molecule has 3 nitrogen and oxygen atoms in total. The van der Waals surface area contributed by atoms with Crippen LogP contribution in [-0.2, 0) is 6.61 Å². The minimum absolute atomic E-state index is 0.0364. The van der Waals surface area contributed by atoms with Crippen LogP contribution >= 0.6 is 15.9 Å². The average molecular weight is 288 g/mol. The molecule has 2 N–H and O–H groups in total. The monoisotopic (exact) mass is 287 g/mol. The van der Waals surface area contributed by atoms with E-state index in [0.717, 1.165) is 28.7 Å². The lowest BCUT2D eigenvalue weighted by molar-refractivity contribution is 0.281. The fourth-order valence-corrected chi connectivity index (χ4v) is 2.11. The van der Waals surface area contributed by atoms with Gasteiger partial charge in [0, 0.05) is 23.2 Å². The van der Waals surface area contributed by atoms with Crippen LogP contribution in [0, 0.1) is 0 Å². The Kier molecular flexibility index (Phi) is 5.80. The van der Waals surface area contributed by atoms with Crippen molar-refractivity contribution < 1.29 is 10.2 Å². The summed E-state index contributed by atoms with van der Waals surface area (Å²) in [7, 11) is 0. The van der Waals surface area contributed by atoms with Gasteiger partial charge < -0.3 is 15.1 Å². The van der Waals surface area contributed by atoms with E-state index in [2.05, 4.69) is 27.8 Å². The van der Waals surface area contributed by atoms with Gasteiger partial charge in [0.25, 0.3) is 0 Å². The Morgan fingerprint density at radius 1 is 1.25 bits per heavy atom. The Morgan fingerprint density at radius 3 is 2.50 bits per heavy atom. The molecule has 1 aromatic rings. The molecule has 0 spiro atoms. The number of nitrogens with zero attached hydrogens (tertiary/aromatic N) is 1. The highest BCUT2D eigenvalue weighted by atomic mass is 79.9. The summed E-state index contributed by atoms with van der Waals surface area (Å²) < 4.78 is 0.909. The highest BCUT2D eigenvalue weighted by molar-refractivity contribution is 9.10. The van der Waals surface area contributed by atoms with Gasteiger partial charge in [-0.1, -0.05) is 28.9 Å². The van der Waals surface area contributed by atoms with Gasteiger partial charge in [-0.25, -0.2) is 0 Å². The fourth-order valence-electron chi connectivity index (χ4n) is 1.62. The summed E-state index contributed by atoms with van der Waals surface area (Å²) >= 11 is 3.43. The van der Waals surface area contributed by atoms with E-state index < -0.39 is 0 Å². The minimum Gasteiger partial charge on any atom is -0.395 e. The van der Waals surface area contributed by atoms with Crippen molar-refractivity contribution >= 4 is 21.6 Å². The number of hydrogen-bond donors (Lipinski definition) is 2. The minimum atomic E-state index is 0.0364. The molecular formula is C12H18BrNO2. The van der Waals surface area contributed by atoms with Crippen LogP contribution in [0.1, 0.15) is 18.9 Å². The molecule has 90 valence electrons. The van der Waals surface area contributed by atoms with Crippen molar-refractivity contribution in [3.05, 3.63) is 28.2 Å². The van der Waals surface area contributed by atoms with Crippen LogP contribution in [0.3, 0.4) is 0 Å². The zero-order valence-electron chi connectivity index (χ0n) is 9.49. The molecule has 1 aromatic carbocycles. The van der Waals surface area contributed by atoms with Gasteiger partial charge in [0.1, 0.15) is 0 Å². The molecule has 0 saturated carbocycles.